The first-order valence-corrected chi connectivity index (χ1v) is 10.1. The highest BCUT2D eigenvalue weighted by Crippen LogP contribution is 2.37. The molecule has 0 bridgehead atoms. The maximum absolute atomic E-state index is 12.0. The molecule has 0 saturated heterocycles. The van der Waals surface area contributed by atoms with Crippen molar-refractivity contribution in [2.45, 2.75) is 19.4 Å². The van der Waals surface area contributed by atoms with Crippen LogP contribution in [0.2, 0.25) is 0 Å². The molecule has 2 heterocycles. The second-order valence-electron chi connectivity index (χ2n) is 5.57. The van der Waals surface area contributed by atoms with Gasteiger partial charge in [-0.3, -0.25) is 9.52 Å². The molecule has 126 valence electrons. The summed E-state index contributed by atoms with van der Waals surface area (Å²) in [5.41, 5.74) is 2.03. The topological polar surface area (TPSA) is 78.8 Å². The molecule has 1 N–H and O–H groups in total. The minimum absolute atomic E-state index is 0.180. The monoisotopic (exact) mass is 363 g/mol. The number of carbonyl (C=O) groups is 1. The van der Waals surface area contributed by atoms with Crippen LogP contribution in [0.3, 0.4) is 0 Å². The summed E-state index contributed by atoms with van der Waals surface area (Å²) < 4.78 is 25.8. The van der Waals surface area contributed by atoms with Gasteiger partial charge in [0.25, 0.3) is 0 Å². The van der Waals surface area contributed by atoms with Gasteiger partial charge in [-0.2, -0.15) is 5.10 Å². The van der Waals surface area contributed by atoms with E-state index < -0.39 is 10.0 Å². The van der Waals surface area contributed by atoms with Crippen molar-refractivity contribution in [3.05, 3.63) is 52.2 Å². The molecule has 1 amide bonds. The third-order valence-electron chi connectivity index (χ3n) is 3.65. The van der Waals surface area contributed by atoms with Crippen LogP contribution >= 0.6 is 11.3 Å². The lowest BCUT2D eigenvalue weighted by atomic mass is 9.99. The summed E-state index contributed by atoms with van der Waals surface area (Å²) >= 11 is 1.57. The zero-order chi connectivity index (χ0) is 17.3. The quantitative estimate of drug-likeness (QED) is 0.907. The highest BCUT2D eigenvalue weighted by atomic mass is 32.2. The molecule has 0 saturated carbocycles. The second-order valence-corrected chi connectivity index (χ2v) is 8.27. The van der Waals surface area contributed by atoms with Gasteiger partial charge in [0.1, 0.15) is 0 Å². The molecule has 24 heavy (non-hydrogen) atoms. The van der Waals surface area contributed by atoms with Gasteiger partial charge >= 0.3 is 0 Å². The second kappa shape index (κ2) is 6.37. The molecule has 1 aliphatic rings. The predicted molar refractivity (Wildman–Crippen MR) is 95.6 cm³/mol. The fraction of sp³-hybridized carbons (Fsp3) is 0.250. The van der Waals surface area contributed by atoms with Crippen LogP contribution < -0.4 is 4.72 Å². The summed E-state index contributed by atoms with van der Waals surface area (Å²) in [4.78, 5) is 13.0. The molecule has 0 fully saturated rings. The van der Waals surface area contributed by atoms with Gasteiger partial charge in [0.05, 0.1) is 28.6 Å². The number of anilines is 1. The summed E-state index contributed by atoms with van der Waals surface area (Å²) in [6.07, 6.45) is 1.65. The van der Waals surface area contributed by atoms with Crippen LogP contribution in [0, 0.1) is 0 Å². The zero-order valence-corrected chi connectivity index (χ0v) is 14.9. The van der Waals surface area contributed by atoms with Crippen LogP contribution in [-0.4, -0.2) is 31.3 Å². The normalized spacial score (nSPS) is 17.7. The van der Waals surface area contributed by atoms with E-state index in [0.717, 1.165) is 22.4 Å². The largest absolute Gasteiger partial charge is 0.283 e. The average molecular weight is 363 g/mol. The average Bonchev–Trinajstić information content (AvgIpc) is 3.15. The van der Waals surface area contributed by atoms with E-state index in [2.05, 4.69) is 9.82 Å². The zero-order valence-electron chi connectivity index (χ0n) is 13.3. The Labute approximate surface area is 144 Å². The fourth-order valence-electron chi connectivity index (χ4n) is 2.71. The Bertz CT molecular complexity index is 889. The Morgan fingerprint density at radius 3 is 2.67 bits per heavy atom. The van der Waals surface area contributed by atoms with Crippen molar-refractivity contribution in [1.29, 1.82) is 0 Å². The molecule has 0 unspecified atom stereocenters. The lowest BCUT2D eigenvalue weighted by Crippen LogP contribution is -2.25. The highest BCUT2D eigenvalue weighted by molar-refractivity contribution is 7.92. The Hall–Kier alpha value is -2.19. The van der Waals surface area contributed by atoms with Crippen molar-refractivity contribution in [1.82, 2.24) is 5.01 Å². The van der Waals surface area contributed by atoms with Gasteiger partial charge < -0.3 is 0 Å². The van der Waals surface area contributed by atoms with Crippen LogP contribution in [0.15, 0.2) is 46.9 Å². The molecule has 0 aliphatic carbocycles. The van der Waals surface area contributed by atoms with Gasteiger partial charge in [-0.05, 0) is 17.5 Å². The van der Waals surface area contributed by atoms with Gasteiger partial charge in [0, 0.05) is 18.9 Å². The molecule has 1 aromatic carbocycles. The standard InChI is InChI=1S/C16H17N3O3S2/c1-11(20)19-15(10-14(17-19)16-8-5-9-23-16)12-6-3-4-7-13(12)18-24(2,21)22/h3-9,15,18H,10H2,1-2H3/t15-/m1/s1. The third-order valence-corrected chi connectivity index (χ3v) is 5.16. The van der Waals surface area contributed by atoms with E-state index in [4.69, 9.17) is 0 Å². The molecule has 0 radical (unpaired) electrons. The molecule has 8 heteroatoms. The van der Waals surface area contributed by atoms with Crippen molar-refractivity contribution in [2.24, 2.45) is 5.10 Å². The smallest absolute Gasteiger partial charge is 0.240 e. The number of amides is 1. The number of nitrogens with zero attached hydrogens (tertiary/aromatic N) is 2. The molecular formula is C16H17N3O3S2. The van der Waals surface area contributed by atoms with E-state index in [1.807, 2.05) is 29.6 Å². The summed E-state index contributed by atoms with van der Waals surface area (Å²) in [5, 5.41) is 7.85. The van der Waals surface area contributed by atoms with Crippen molar-refractivity contribution < 1.29 is 13.2 Å². The van der Waals surface area contributed by atoms with E-state index in [1.54, 1.807) is 23.5 Å². The summed E-state index contributed by atoms with van der Waals surface area (Å²) in [6.45, 7) is 1.46. The SMILES string of the molecule is CC(=O)N1N=C(c2cccs2)C[C@@H]1c1ccccc1NS(C)(=O)=O. The first-order valence-electron chi connectivity index (χ1n) is 7.33. The van der Waals surface area contributed by atoms with Crippen LogP contribution in [0.5, 0.6) is 0 Å². The van der Waals surface area contributed by atoms with Crippen LogP contribution in [0.1, 0.15) is 29.8 Å². The number of para-hydroxylation sites is 1. The maximum Gasteiger partial charge on any atom is 0.240 e. The first kappa shape index (κ1) is 16.7. The van der Waals surface area contributed by atoms with Crippen molar-refractivity contribution >= 4 is 38.7 Å². The Balaban J connectivity index is 1.99. The minimum atomic E-state index is -3.41. The number of hydrazone groups is 1. The molecule has 2 aromatic rings. The van der Waals surface area contributed by atoms with E-state index in [-0.39, 0.29) is 11.9 Å². The van der Waals surface area contributed by atoms with Crippen molar-refractivity contribution in [2.75, 3.05) is 11.0 Å². The van der Waals surface area contributed by atoms with E-state index >= 15 is 0 Å². The Morgan fingerprint density at radius 1 is 1.29 bits per heavy atom. The van der Waals surface area contributed by atoms with E-state index in [9.17, 15) is 13.2 Å². The van der Waals surface area contributed by atoms with Crippen LogP contribution in [0.25, 0.3) is 0 Å². The van der Waals surface area contributed by atoms with Crippen LogP contribution in [0.4, 0.5) is 5.69 Å². The van der Waals surface area contributed by atoms with Gasteiger partial charge in [-0.1, -0.05) is 24.3 Å². The number of hydrogen-bond donors (Lipinski definition) is 1. The maximum atomic E-state index is 12.0. The fourth-order valence-corrected chi connectivity index (χ4v) is 4.02. The van der Waals surface area contributed by atoms with Gasteiger partial charge in [-0.15, -0.1) is 11.3 Å². The molecule has 6 nitrogen and oxygen atoms in total. The number of rotatable bonds is 4. The predicted octanol–water partition coefficient (Wildman–Crippen LogP) is 2.82. The number of hydrogen-bond acceptors (Lipinski definition) is 5. The summed E-state index contributed by atoms with van der Waals surface area (Å²) in [5.74, 6) is -0.180. The molecule has 0 spiro atoms. The number of carbonyl (C=O) groups excluding carboxylic acids is 1. The Morgan fingerprint density at radius 2 is 2.04 bits per heavy atom. The van der Waals surface area contributed by atoms with Gasteiger partial charge in [0.2, 0.25) is 15.9 Å². The van der Waals surface area contributed by atoms with Crippen molar-refractivity contribution in [3.63, 3.8) is 0 Å². The van der Waals surface area contributed by atoms with Gasteiger partial charge in [0.15, 0.2) is 0 Å². The number of nitrogens with one attached hydrogen (secondary N) is 1. The van der Waals surface area contributed by atoms with Crippen LogP contribution in [-0.2, 0) is 14.8 Å². The first-order chi connectivity index (χ1) is 11.3. The Kier molecular flexibility index (Phi) is 4.42. The summed E-state index contributed by atoms with van der Waals surface area (Å²) in [7, 11) is -3.41. The number of benzene rings is 1. The lowest BCUT2D eigenvalue weighted by Gasteiger charge is -2.23. The summed E-state index contributed by atoms with van der Waals surface area (Å²) in [6, 6.07) is 10.7. The third kappa shape index (κ3) is 3.49. The van der Waals surface area contributed by atoms with Crippen molar-refractivity contribution in [3.8, 4) is 0 Å². The van der Waals surface area contributed by atoms with E-state index in [1.165, 1.54) is 11.9 Å². The lowest BCUT2D eigenvalue weighted by molar-refractivity contribution is -0.130. The van der Waals surface area contributed by atoms with Gasteiger partial charge in [-0.25, -0.2) is 13.4 Å². The number of sulfonamides is 1. The molecule has 1 aliphatic heterocycles. The highest BCUT2D eigenvalue weighted by Gasteiger charge is 2.33. The minimum Gasteiger partial charge on any atom is -0.283 e. The van der Waals surface area contributed by atoms with E-state index in [0.29, 0.717) is 12.1 Å². The number of thiophene rings is 1. The molecule has 3 rings (SSSR count). The molecule has 1 atom stereocenters. The molecular weight excluding hydrogens is 346 g/mol. The molecule has 1 aromatic heterocycles.